The molecule has 0 spiro atoms. The van der Waals surface area contributed by atoms with Gasteiger partial charge in [0.25, 0.3) is 5.91 Å². The Bertz CT molecular complexity index is 887. The maximum atomic E-state index is 12.8. The molecule has 2 heterocycles. The van der Waals surface area contributed by atoms with Gasteiger partial charge in [0.2, 0.25) is 5.91 Å². The van der Waals surface area contributed by atoms with E-state index in [0.717, 1.165) is 0 Å². The van der Waals surface area contributed by atoms with Crippen LogP contribution in [0, 0.1) is 5.82 Å². The zero-order chi connectivity index (χ0) is 19.1. The van der Waals surface area contributed by atoms with Crippen LogP contribution in [0.1, 0.15) is 22.1 Å². The Hall–Kier alpha value is -3.55. The Kier molecular flexibility index (Phi) is 5.88. The van der Waals surface area contributed by atoms with Crippen LogP contribution < -0.4 is 15.4 Å². The van der Waals surface area contributed by atoms with Gasteiger partial charge < -0.3 is 24.2 Å². The first-order valence-corrected chi connectivity index (χ1v) is 8.14. The second-order valence-electron chi connectivity index (χ2n) is 5.55. The summed E-state index contributed by atoms with van der Waals surface area (Å²) >= 11 is 0. The van der Waals surface area contributed by atoms with Crippen LogP contribution >= 0.6 is 0 Å². The van der Waals surface area contributed by atoms with E-state index in [9.17, 15) is 14.0 Å². The van der Waals surface area contributed by atoms with Gasteiger partial charge in [0.15, 0.2) is 5.76 Å². The quantitative estimate of drug-likeness (QED) is 0.634. The molecule has 0 saturated carbocycles. The lowest BCUT2D eigenvalue weighted by atomic mass is 10.3. The van der Waals surface area contributed by atoms with Crippen LogP contribution in [-0.4, -0.2) is 18.4 Å². The second-order valence-corrected chi connectivity index (χ2v) is 5.55. The number of furan rings is 2. The average molecular weight is 372 g/mol. The van der Waals surface area contributed by atoms with Gasteiger partial charge in [0, 0.05) is 0 Å². The Morgan fingerprint density at radius 1 is 1.00 bits per heavy atom. The van der Waals surface area contributed by atoms with Gasteiger partial charge in [0.1, 0.15) is 29.7 Å². The number of ether oxygens (including phenoxy) is 1. The first kappa shape index (κ1) is 18.2. The molecule has 0 radical (unpaired) electrons. The Morgan fingerprint density at radius 3 is 2.56 bits per heavy atom. The molecule has 2 aromatic heterocycles. The minimum atomic E-state index is -0.517. The van der Waals surface area contributed by atoms with Crippen molar-refractivity contribution in [3.8, 4) is 5.75 Å². The fourth-order valence-electron chi connectivity index (χ4n) is 2.17. The van der Waals surface area contributed by atoms with Crippen molar-refractivity contribution in [1.82, 2.24) is 10.6 Å². The van der Waals surface area contributed by atoms with Gasteiger partial charge in [-0.05, 0) is 48.5 Å². The van der Waals surface area contributed by atoms with E-state index in [1.807, 2.05) is 0 Å². The van der Waals surface area contributed by atoms with Crippen molar-refractivity contribution in [2.45, 2.75) is 13.2 Å². The Morgan fingerprint density at radius 2 is 1.81 bits per heavy atom. The average Bonchev–Trinajstić information content (AvgIpc) is 3.36. The zero-order valence-electron chi connectivity index (χ0n) is 14.2. The number of hydrogen-bond donors (Lipinski definition) is 2. The molecule has 1 aromatic carbocycles. The molecule has 2 N–H and O–H groups in total. The SMILES string of the molecule is O=C(CNC(=O)c1ccc(COc2ccc(F)cc2)o1)NCc1ccco1. The number of benzene rings is 1. The normalized spacial score (nSPS) is 10.4. The highest BCUT2D eigenvalue weighted by atomic mass is 19.1. The molecule has 0 aliphatic carbocycles. The summed E-state index contributed by atoms with van der Waals surface area (Å²) in [5.74, 6) is 0.353. The molecule has 0 saturated heterocycles. The lowest BCUT2D eigenvalue weighted by molar-refractivity contribution is -0.120. The number of hydrogen-bond acceptors (Lipinski definition) is 5. The lowest BCUT2D eigenvalue weighted by Crippen LogP contribution is -2.36. The van der Waals surface area contributed by atoms with Gasteiger partial charge in [-0.2, -0.15) is 0 Å². The molecule has 0 fully saturated rings. The highest BCUT2D eigenvalue weighted by molar-refractivity contribution is 5.94. The predicted molar refractivity (Wildman–Crippen MR) is 92.3 cm³/mol. The number of amides is 2. The molecular formula is C19H17FN2O5. The minimum absolute atomic E-state index is 0.0616. The molecule has 0 aliphatic heterocycles. The van der Waals surface area contributed by atoms with Crippen LogP contribution in [0.3, 0.4) is 0 Å². The van der Waals surface area contributed by atoms with E-state index in [0.29, 0.717) is 17.3 Å². The smallest absolute Gasteiger partial charge is 0.287 e. The third-order valence-electron chi connectivity index (χ3n) is 3.53. The Balaban J connectivity index is 1.42. The third-order valence-corrected chi connectivity index (χ3v) is 3.53. The standard InChI is InChI=1S/C19H17FN2O5/c20-13-3-5-14(6-4-13)26-12-16-7-8-17(27-16)19(24)22-11-18(23)21-10-15-2-1-9-25-15/h1-9H,10-12H2,(H,21,23)(H,22,24). The summed E-state index contributed by atoms with van der Waals surface area (Å²) in [6.45, 7) is 0.136. The summed E-state index contributed by atoms with van der Waals surface area (Å²) < 4.78 is 28.8. The van der Waals surface area contributed by atoms with Crippen molar-refractivity contribution in [2.24, 2.45) is 0 Å². The van der Waals surface area contributed by atoms with Crippen LogP contribution in [0.4, 0.5) is 4.39 Å². The molecule has 7 nitrogen and oxygen atoms in total. The van der Waals surface area contributed by atoms with Crippen molar-refractivity contribution in [2.75, 3.05) is 6.54 Å². The lowest BCUT2D eigenvalue weighted by Gasteiger charge is -2.05. The molecule has 0 aliphatic rings. The maximum absolute atomic E-state index is 12.8. The first-order valence-electron chi connectivity index (χ1n) is 8.14. The van der Waals surface area contributed by atoms with Crippen molar-refractivity contribution in [3.63, 3.8) is 0 Å². The van der Waals surface area contributed by atoms with E-state index in [2.05, 4.69) is 10.6 Å². The van der Waals surface area contributed by atoms with Gasteiger partial charge >= 0.3 is 0 Å². The summed E-state index contributed by atoms with van der Waals surface area (Å²) in [6, 6.07) is 12.1. The van der Waals surface area contributed by atoms with E-state index in [4.69, 9.17) is 13.6 Å². The molecule has 0 atom stereocenters. The predicted octanol–water partition coefficient (Wildman–Crippen LogP) is 2.64. The fraction of sp³-hybridized carbons (Fsp3) is 0.158. The molecule has 8 heteroatoms. The monoisotopic (exact) mass is 372 g/mol. The molecule has 2 amide bonds. The number of carbonyl (C=O) groups excluding carboxylic acids is 2. The van der Waals surface area contributed by atoms with Crippen molar-refractivity contribution < 1.29 is 27.6 Å². The van der Waals surface area contributed by atoms with Crippen LogP contribution in [0.2, 0.25) is 0 Å². The molecule has 3 aromatic rings. The van der Waals surface area contributed by atoms with Gasteiger partial charge in [0.05, 0.1) is 19.4 Å². The van der Waals surface area contributed by atoms with Crippen LogP contribution in [0.5, 0.6) is 5.75 Å². The number of carbonyl (C=O) groups is 2. The van der Waals surface area contributed by atoms with E-state index in [1.165, 1.54) is 36.6 Å². The van der Waals surface area contributed by atoms with Crippen molar-refractivity contribution in [3.05, 3.63) is 77.9 Å². The van der Waals surface area contributed by atoms with Gasteiger partial charge in [-0.25, -0.2) is 4.39 Å². The second kappa shape index (κ2) is 8.70. The van der Waals surface area contributed by atoms with Gasteiger partial charge in [-0.15, -0.1) is 0 Å². The van der Waals surface area contributed by atoms with E-state index in [-0.39, 0.29) is 37.2 Å². The van der Waals surface area contributed by atoms with Crippen LogP contribution in [0.15, 0.2) is 63.6 Å². The van der Waals surface area contributed by atoms with Crippen LogP contribution in [0.25, 0.3) is 0 Å². The number of nitrogens with one attached hydrogen (secondary N) is 2. The van der Waals surface area contributed by atoms with Gasteiger partial charge in [-0.3, -0.25) is 9.59 Å². The molecule has 27 heavy (non-hydrogen) atoms. The third kappa shape index (κ3) is 5.46. The number of halogens is 1. The topological polar surface area (TPSA) is 93.7 Å². The van der Waals surface area contributed by atoms with Crippen molar-refractivity contribution in [1.29, 1.82) is 0 Å². The summed E-state index contributed by atoms with van der Waals surface area (Å²) in [5.41, 5.74) is 0. The van der Waals surface area contributed by atoms with Crippen molar-refractivity contribution >= 4 is 11.8 Å². The molecule has 0 bridgehead atoms. The van der Waals surface area contributed by atoms with E-state index >= 15 is 0 Å². The molecule has 3 rings (SSSR count). The summed E-state index contributed by atoms with van der Waals surface area (Å²) in [6.07, 6.45) is 1.51. The maximum Gasteiger partial charge on any atom is 0.287 e. The van der Waals surface area contributed by atoms with Gasteiger partial charge in [-0.1, -0.05) is 0 Å². The van der Waals surface area contributed by atoms with Crippen LogP contribution in [-0.2, 0) is 17.9 Å². The first-order chi connectivity index (χ1) is 13.1. The molecule has 140 valence electrons. The fourth-order valence-corrected chi connectivity index (χ4v) is 2.17. The van der Waals surface area contributed by atoms with E-state index in [1.54, 1.807) is 18.2 Å². The summed E-state index contributed by atoms with van der Waals surface area (Å²) in [7, 11) is 0. The largest absolute Gasteiger partial charge is 0.486 e. The van der Waals surface area contributed by atoms with E-state index < -0.39 is 5.91 Å². The summed E-state index contributed by atoms with van der Waals surface area (Å²) in [5, 5.41) is 5.08. The highest BCUT2D eigenvalue weighted by Crippen LogP contribution is 2.15. The minimum Gasteiger partial charge on any atom is -0.486 e. The zero-order valence-corrected chi connectivity index (χ0v) is 14.2. The highest BCUT2D eigenvalue weighted by Gasteiger charge is 2.13. The Labute approximate surface area is 154 Å². The molecule has 0 unspecified atom stereocenters. The summed E-state index contributed by atoms with van der Waals surface area (Å²) in [4.78, 5) is 23.7. The number of rotatable bonds is 8. The molecular weight excluding hydrogens is 355 g/mol.